The molecule has 7 heteroatoms. The first kappa shape index (κ1) is 17.7. The third-order valence-corrected chi connectivity index (χ3v) is 4.60. The van der Waals surface area contributed by atoms with E-state index in [9.17, 15) is 20.1 Å². The van der Waals surface area contributed by atoms with E-state index >= 15 is 0 Å². The van der Waals surface area contributed by atoms with Crippen LogP contribution in [0.15, 0.2) is 12.1 Å². The minimum atomic E-state index is -0.733. The first-order valence-corrected chi connectivity index (χ1v) is 7.99. The average molecular weight is 360 g/mol. The number of carbonyl (C=O) groups excluding carboxylic acids is 1. The summed E-state index contributed by atoms with van der Waals surface area (Å²) < 4.78 is 16.2. The zero-order chi connectivity index (χ0) is 19.2. The van der Waals surface area contributed by atoms with Crippen molar-refractivity contribution in [2.24, 2.45) is 0 Å². The van der Waals surface area contributed by atoms with Crippen LogP contribution in [0.3, 0.4) is 0 Å². The van der Waals surface area contributed by atoms with E-state index in [4.69, 9.17) is 14.2 Å². The van der Waals surface area contributed by atoms with Gasteiger partial charge in [-0.15, -0.1) is 0 Å². The van der Waals surface area contributed by atoms with Crippen LogP contribution in [0.25, 0.3) is 0 Å². The summed E-state index contributed by atoms with van der Waals surface area (Å²) in [7, 11) is 2.80. The Morgan fingerprint density at radius 2 is 1.58 bits per heavy atom. The van der Waals surface area contributed by atoms with Crippen LogP contribution in [0.1, 0.15) is 39.6 Å². The van der Waals surface area contributed by atoms with Gasteiger partial charge in [-0.2, -0.15) is 0 Å². The lowest BCUT2D eigenvalue weighted by atomic mass is 9.91. The molecule has 26 heavy (non-hydrogen) atoms. The molecule has 138 valence electrons. The molecule has 0 fully saturated rings. The van der Waals surface area contributed by atoms with Crippen LogP contribution in [0.2, 0.25) is 0 Å². The Labute approximate surface area is 150 Å². The van der Waals surface area contributed by atoms with Gasteiger partial charge in [0.1, 0.15) is 28.9 Å². The van der Waals surface area contributed by atoms with Gasteiger partial charge in [0.25, 0.3) is 0 Å². The van der Waals surface area contributed by atoms with Crippen LogP contribution in [-0.2, 0) is 0 Å². The molecule has 0 saturated carbocycles. The van der Waals surface area contributed by atoms with Crippen LogP contribution in [0.4, 0.5) is 0 Å². The predicted molar refractivity (Wildman–Crippen MR) is 92.8 cm³/mol. The highest BCUT2D eigenvalue weighted by molar-refractivity contribution is 6.04. The van der Waals surface area contributed by atoms with E-state index in [0.29, 0.717) is 22.4 Å². The molecular formula is C19H20O7. The van der Waals surface area contributed by atoms with Crippen LogP contribution >= 0.6 is 0 Å². The van der Waals surface area contributed by atoms with Crippen LogP contribution in [0, 0.1) is 13.8 Å². The van der Waals surface area contributed by atoms with E-state index in [1.807, 2.05) is 0 Å². The van der Waals surface area contributed by atoms with Gasteiger partial charge in [-0.1, -0.05) is 0 Å². The molecule has 3 N–H and O–H groups in total. The molecule has 7 nitrogen and oxygen atoms in total. The molecule has 0 spiro atoms. The highest BCUT2D eigenvalue weighted by atomic mass is 16.5. The standard InChI is InChI=1S/C19H20O7/c1-8-16(23)15-11(20)7-14(26-18(15)9(2)17(8)24-3)10-5-12(21)19(25-4)13(22)6-10/h5-6,14,21-23H,7H2,1-4H3/t14-/m0/s1. The minimum Gasteiger partial charge on any atom is -0.507 e. The zero-order valence-corrected chi connectivity index (χ0v) is 14.9. The number of fused-ring (bicyclic) bond motifs is 1. The second kappa shape index (κ2) is 6.33. The number of phenolic OH excluding ortho intramolecular Hbond substituents is 3. The zero-order valence-electron chi connectivity index (χ0n) is 14.9. The number of phenols is 3. The summed E-state index contributed by atoms with van der Waals surface area (Å²) >= 11 is 0. The number of methoxy groups -OCH3 is 2. The maximum absolute atomic E-state index is 12.7. The molecule has 3 rings (SSSR count). The number of ether oxygens (including phenoxy) is 3. The fraction of sp³-hybridized carbons (Fsp3) is 0.316. The normalized spacial score (nSPS) is 16.0. The topological polar surface area (TPSA) is 105 Å². The SMILES string of the molecule is COc1c(O)cc([C@@H]2CC(=O)c3c(O)c(C)c(OC)c(C)c3O2)cc1O. The molecule has 0 saturated heterocycles. The average Bonchev–Trinajstić information content (AvgIpc) is 2.59. The number of Topliss-reactive ketones (excluding diaryl/α,β-unsaturated/α-hetero) is 1. The van der Waals surface area contributed by atoms with Crippen LogP contribution < -0.4 is 14.2 Å². The van der Waals surface area contributed by atoms with Crippen LogP contribution in [-0.4, -0.2) is 35.3 Å². The van der Waals surface area contributed by atoms with Gasteiger partial charge >= 0.3 is 0 Å². The number of hydrogen-bond donors (Lipinski definition) is 3. The first-order valence-electron chi connectivity index (χ1n) is 7.99. The number of rotatable bonds is 3. The maximum Gasteiger partial charge on any atom is 0.202 e. The largest absolute Gasteiger partial charge is 0.507 e. The Bertz CT molecular complexity index is 878. The molecule has 1 aliphatic rings. The van der Waals surface area contributed by atoms with Crippen molar-refractivity contribution in [2.75, 3.05) is 14.2 Å². The van der Waals surface area contributed by atoms with E-state index in [2.05, 4.69) is 0 Å². The lowest BCUT2D eigenvalue weighted by Gasteiger charge is -2.29. The number of ketones is 1. The Kier molecular flexibility index (Phi) is 4.31. The third kappa shape index (κ3) is 2.56. The Morgan fingerprint density at radius 1 is 1.00 bits per heavy atom. The Hall–Kier alpha value is -3.09. The summed E-state index contributed by atoms with van der Waals surface area (Å²) in [5.41, 5.74) is 1.61. The van der Waals surface area contributed by atoms with Gasteiger partial charge in [-0.25, -0.2) is 0 Å². The molecule has 1 aliphatic heterocycles. The van der Waals surface area contributed by atoms with Gasteiger partial charge in [-0.3, -0.25) is 4.79 Å². The highest BCUT2D eigenvalue weighted by Gasteiger charge is 2.35. The van der Waals surface area contributed by atoms with Crippen molar-refractivity contribution < 1.29 is 34.3 Å². The quantitative estimate of drug-likeness (QED) is 0.772. The third-order valence-electron chi connectivity index (χ3n) is 4.60. The summed E-state index contributed by atoms with van der Waals surface area (Å²) in [5, 5.41) is 30.4. The Morgan fingerprint density at radius 3 is 2.12 bits per heavy atom. The summed E-state index contributed by atoms with van der Waals surface area (Å²) in [6.07, 6.45) is -0.778. The molecule has 0 unspecified atom stereocenters. The fourth-order valence-electron chi connectivity index (χ4n) is 3.34. The molecule has 0 bridgehead atoms. The molecule has 0 aromatic heterocycles. The van der Waals surface area contributed by atoms with Crippen molar-refractivity contribution in [1.82, 2.24) is 0 Å². The smallest absolute Gasteiger partial charge is 0.202 e. The predicted octanol–water partition coefficient (Wildman–Crippen LogP) is 3.14. The molecular weight excluding hydrogens is 340 g/mol. The van der Waals surface area contributed by atoms with Crippen molar-refractivity contribution in [2.45, 2.75) is 26.4 Å². The summed E-state index contributed by atoms with van der Waals surface area (Å²) in [4.78, 5) is 12.7. The summed E-state index contributed by atoms with van der Waals surface area (Å²) in [6, 6.07) is 2.75. The van der Waals surface area contributed by atoms with Crippen molar-refractivity contribution >= 4 is 5.78 Å². The van der Waals surface area contributed by atoms with E-state index < -0.39 is 6.10 Å². The van der Waals surface area contributed by atoms with Crippen LogP contribution in [0.5, 0.6) is 34.5 Å². The van der Waals surface area contributed by atoms with E-state index in [1.165, 1.54) is 26.4 Å². The van der Waals surface area contributed by atoms with Gasteiger partial charge in [0.05, 0.1) is 20.6 Å². The van der Waals surface area contributed by atoms with Gasteiger partial charge in [0, 0.05) is 16.7 Å². The highest BCUT2D eigenvalue weighted by Crippen LogP contribution is 2.48. The second-order valence-electron chi connectivity index (χ2n) is 6.16. The van der Waals surface area contributed by atoms with E-state index in [-0.39, 0.29) is 46.5 Å². The number of hydrogen-bond acceptors (Lipinski definition) is 7. The van der Waals surface area contributed by atoms with E-state index in [1.54, 1.807) is 13.8 Å². The van der Waals surface area contributed by atoms with Crippen molar-refractivity contribution in [3.05, 3.63) is 34.4 Å². The van der Waals surface area contributed by atoms with Gasteiger partial charge in [0.2, 0.25) is 5.75 Å². The van der Waals surface area contributed by atoms with Crippen molar-refractivity contribution in [3.8, 4) is 34.5 Å². The van der Waals surface area contributed by atoms with E-state index in [0.717, 1.165) is 0 Å². The van der Waals surface area contributed by atoms with Crippen molar-refractivity contribution in [1.29, 1.82) is 0 Å². The van der Waals surface area contributed by atoms with Crippen molar-refractivity contribution in [3.63, 3.8) is 0 Å². The molecule has 2 aromatic carbocycles. The number of carbonyl (C=O) groups is 1. The molecule has 2 aromatic rings. The molecule has 0 amide bonds. The van der Waals surface area contributed by atoms with Gasteiger partial charge in [0.15, 0.2) is 17.3 Å². The molecule has 1 heterocycles. The molecule has 0 radical (unpaired) electrons. The molecule has 0 aliphatic carbocycles. The lowest BCUT2D eigenvalue weighted by molar-refractivity contribution is 0.0841. The monoisotopic (exact) mass is 360 g/mol. The summed E-state index contributed by atoms with van der Waals surface area (Å²) in [5.74, 6) is -0.349. The van der Waals surface area contributed by atoms with Gasteiger partial charge in [-0.05, 0) is 26.0 Å². The minimum absolute atomic E-state index is 0.0447. The molecule has 1 atom stereocenters. The second-order valence-corrected chi connectivity index (χ2v) is 6.16. The summed E-state index contributed by atoms with van der Waals surface area (Å²) in [6.45, 7) is 3.41. The number of aromatic hydroxyl groups is 3. The maximum atomic E-state index is 12.7. The number of benzene rings is 2. The first-order chi connectivity index (χ1) is 12.3. The Balaban J connectivity index is 2.11. The lowest BCUT2D eigenvalue weighted by Crippen LogP contribution is -2.22. The fourth-order valence-corrected chi connectivity index (χ4v) is 3.34. The van der Waals surface area contributed by atoms with Gasteiger partial charge < -0.3 is 29.5 Å².